The third kappa shape index (κ3) is 39.5. The molecular formula is C49H97NO5. The van der Waals surface area contributed by atoms with Gasteiger partial charge >= 0.3 is 5.97 Å². The molecule has 0 fully saturated rings. The van der Waals surface area contributed by atoms with Crippen molar-refractivity contribution in [1.82, 2.24) is 5.32 Å². The number of aliphatic hydroxyl groups excluding tert-OH is 2. The highest BCUT2D eigenvalue weighted by Crippen LogP contribution is 2.18. The summed E-state index contributed by atoms with van der Waals surface area (Å²) in [4.78, 5) is 25.9. The molecule has 0 bridgehead atoms. The number of aliphatic hydroxyl groups is 2. The molecule has 1 amide bonds. The van der Waals surface area contributed by atoms with Gasteiger partial charge in [-0.3, -0.25) is 9.59 Å². The number of esters is 1. The highest BCUT2D eigenvalue weighted by atomic mass is 16.5. The third-order valence-corrected chi connectivity index (χ3v) is 11.7. The summed E-state index contributed by atoms with van der Waals surface area (Å²) in [5.74, 6) is -0.459. The zero-order chi connectivity index (χ0) is 40.3. The Morgan fingerprint density at radius 1 is 0.455 bits per heavy atom. The van der Waals surface area contributed by atoms with Gasteiger partial charge in [-0.1, -0.05) is 239 Å². The van der Waals surface area contributed by atoms with Crippen LogP contribution in [0.1, 0.15) is 278 Å². The number of hydrogen-bond donors (Lipinski definition) is 3. The van der Waals surface area contributed by atoms with Gasteiger partial charge in [0.05, 0.1) is 25.2 Å². The summed E-state index contributed by atoms with van der Waals surface area (Å²) >= 11 is 0. The largest absolute Gasteiger partial charge is 0.462 e. The number of carbonyl (C=O) groups excluding carboxylic acids is 2. The molecule has 0 saturated carbocycles. The van der Waals surface area contributed by atoms with Crippen molar-refractivity contribution in [2.45, 2.75) is 296 Å². The van der Waals surface area contributed by atoms with Gasteiger partial charge in [-0.25, -0.2) is 0 Å². The lowest BCUT2D eigenvalue weighted by molar-refractivity contribution is -0.151. The number of unbranched alkanes of at least 4 members (excludes halogenated alkanes) is 33. The van der Waals surface area contributed by atoms with Crippen LogP contribution in [0.25, 0.3) is 0 Å². The molecule has 0 aromatic rings. The minimum atomic E-state index is -0.777. The van der Waals surface area contributed by atoms with Gasteiger partial charge in [0.25, 0.3) is 0 Å². The molecule has 0 aliphatic heterocycles. The maximum Gasteiger partial charge on any atom is 0.306 e. The van der Waals surface area contributed by atoms with E-state index in [0.29, 0.717) is 19.3 Å². The molecule has 0 saturated heterocycles. The number of hydrogen-bond acceptors (Lipinski definition) is 5. The Bertz CT molecular complexity index is 791. The van der Waals surface area contributed by atoms with Crippen LogP contribution in [0.3, 0.4) is 0 Å². The standard InChI is InChI=1S/C49H97NO5/c1-4-7-10-13-16-18-20-22-23-24-25-26-28-30-33-36-39-42-49(54)55-45(40-37-34-31-15-12-9-6-3)43-48(53)50-46(44-51)47(52)41-38-35-32-29-27-21-19-17-14-11-8-5-2/h45-47,51-52H,4-44H2,1-3H3,(H,50,53). The van der Waals surface area contributed by atoms with Gasteiger partial charge in [-0.05, 0) is 25.7 Å². The monoisotopic (exact) mass is 780 g/mol. The van der Waals surface area contributed by atoms with Crippen LogP contribution in [0.5, 0.6) is 0 Å². The minimum Gasteiger partial charge on any atom is -0.462 e. The second kappa shape index (κ2) is 44.0. The molecule has 3 atom stereocenters. The fourth-order valence-corrected chi connectivity index (χ4v) is 7.90. The molecule has 0 spiro atoms. The molecule has 0 heterocycles. The average Bonchev–Trinajstić information content (AvgIpc) is 3.18. The molecule has 55 heavy (non-hydrogen) atoms. The maximum atomic E-state index is 13.1. The van der Waals surface area contributed by atoms with E-state index in [2.05, 4.69) is 26.1 Å². The van der Waals surface area contributed by atoms with Crippen molar-refractivity contribution in [2.24, 2.45) is 0 Å². The van der Waals surface area contributed by atoms with Crippen molar-refractivity contribution in [3.8, 4) is 0 Å². The Hall–Kier alpha value is -1.14. The van der Waals surface area contributed by atoms with Crippen LogP contribution in [-0.4, -0.2) is 46.9 Å². The van der Waals surface area contributed by atoms with Gasteiger partial charge < -0.3 is 20.3 Å². The molecule has 3 N–H and O–H groups in total. The van der Waals surface area contributed by atoms with Crippen LogP contribution in [-0.2, 0) is 14.3 Å². The lowest BCUT2D eigenvalue weighted by Crippen LogP contribution is -2.46. The SMILES string of the molecule is CCCCCCCCCCCCCCCCCCCC(=O)OC(CCCCCCCCC)CC(=O)NC(CO)C(O)CCCCCCCCCCCCCC. The van der Waals surface area contributed by atoms with Crippen molar-refractivity contribution >= 4 is 11.9 Å². The Balaban J connectivity index is 4.32. The molecule has 3 unspecified atom stereocenters. The van der Waals surface area contributed by atoms with E-state index in [4.69, 9.17) is 4.74 Å². The predicted molar refractivity (Wildman–Crippen MR) is 237 cm³/mol. The highest BCUT2D eigenvalue weighted by molar-refractivity contribution is 5.77. The van der Waals surface area contributed by atoms with Crippen LogP contribution >= 0.6 is 0 Å². The summed E-state index contributed by atoms with van der Waals surface area (Å²) in [7, 11) is 0. The van der Waals surface area contributed by atoms with Gasteiger partial charge in [0, 0.05) is 6.42 Å². The second-order valence-electron chi connectivity index (χ2n) is 17.2. The molecular weight excluding hydrogens is 683 g/mol. The zero-order valence-corrected chi connectivity index (χ0v) is 37.3. The number of nitrogens with one attached hydrogen (secondary N) is 1. The first kappa shape index (κ1) is 53.9. The summed E-state index contributed by atoms with van der Waals surface area (Å²) in [6.45, 7) is 6.47. The van der Waals surface area contributed by atoms with Crippen LogP contribution < -0.4 is 5.32 Å². The molecule has 6 heteroatoms. The van der Waals surface area contributed by atoms with Crippen LogP contribution in [0.2, 0.25) is 0 Å². The van der Waals surface area contributed by atoms with Crippen molar-refractivity contribution in [1.29, 1.82) is 0 Å². The lowest BCUT2D eigenvalue weighted by atomic mass is 10.0. The van der Waals surface area contributed by atoms with E-state index in [0.717, 1.165) is 38.5 Å². The van der Waals surface area contributed by atoms with Crippen LogP contribution in [0.15, 0.2) is 0 Å². The average molecular weight is 780 g/mol. The fourth-order valence-electron chi connectivity index (χ4n) is 7.90. The first-order valence-corrected chi connectivity index (χ1v) is 24.8. The van der Waals surface area contributed by atoms with Crippen LogP contribution in [0, 0.1) is 0 Å². The smallest absolute Gasteiger partial charge is 0.306 e. The molecule has 0 aromatic carbocycles. The molecule has 0 aliphatic rings. The van der Waals surface area contributed by atoms with E-state index in [1.807, 2.05) is 0 Å². The van der Waals surface area contributed by atoms with E-state index in [1.54, 1.807) is 0 Å². The maximum absolute atomic E-state index is 13.1. The van der Waals surface area contributed by atoms with E-state index < -0.39 is 18.2 Å². The van der Waals surface area contributed by atoms with Gasteiger partial charge in [-0.2, -0.15) is 0 Å². The summed E-state index contributed by atoms with van der Waals surface area (Å²) in [6, 6.07) is -0.690. The van der Waals surface area contributed by atoms with Gasteiger partial charge in [0.2, 0.25) is 5.91 Å². The van der Waals surface area contributed by atoms with Crippen LogP contribution in [0.4, 0.5) is 0 Å². The van der Waals surface area contributed by atoms with Crippen molar-refractivity contribution < 1.29 is 24.5 Å². The van der Waals surface area contributed by atoms with E-state index in [1.165, 1.54) is 193 Å². The predicted octanol–water partition coefficient (Wildman–Crippen LogP) is 14.4. The number of rotatable bonds is 45. The first-order valence-electron chi connectivity index (χ1n) is 24.8. The van der Waals surface area contributed by atoms with Crippen molar-refractivity contribution in [3.05, 3.63) is 0 Å². The first-order chi connectivity index (χ1) is 27.0. The van der Waals surface area contributed by atoms with Gasteiger partial charge in [-0.15, -0.1) is 0 Å². The highest BCUT2D eigenvalue weighted by Gasteiger charge is 2.24. The topological polar surface area (TPSA) is 95.9 Å². The normalized spacial score (nSPS) is 13.2. The van der Waals surface area contributed by atoms with E-state index in [-0.39, 0.29) is 24.9 Å². The quantitative estimate of drug-likeness (QED) is 0.0422. The number of carbonyl (C=O) groups is 2. The summed E-state index contributed by atoms with van der Waals surface area (Å²) < 4.78 is 5.89. The fraction of sp³-hybridized carbons (Fsp3) is 0.959. The Labute approximate surface area is 343 Å². The minimum absolute atomic E-state index is 0.0858. The van der Waals surface area contributed by atoms with Gasteiger partial charge in [0.15, 0.2) is 0 Å². The molecule has 0 radical (unpaired) electrons. The summed E-state index contributed by atoms with van der Waals surface area (Å²) in [5.41, 5.74) is 0. The van der Waals surface area contributed by atoms with Gasteiger partial charge in [0.1, 0.15) is 6.10 Å². The Morgan fingerprint density at radius 3 is 1.11 bits per heavy atom. The second-order valence-corrected chi connectivity index (χ2v) is 17.2. The summed E-state index contributed by atoms with van der Waals surface area (Å²) in [5, 5.41) is 23.6. The van der Waals surface area contributed by atoms with E-state index >= 15 is 0 Å². The molecule has 0 rings (SSSR count). The molecule has 328 valence electrons. The van der Waals surface area contributed by atoms with E-state index in [9.17, 15) is 19.8 Å². The zero-order valence-electron chi connectivity index (χ0n) is 37.3. The Morgan fingerprint density at radius 2 is 0.764 bits per heavy atom. The molecule has 6 nitrogen and oxygen atoms in total. The van der Waals surface area contributed by atoms with Crippen molar-refractivity contribution in [2.75, 3.05) is 6.61 Å². The molecule has 0 aliphatic carbocycles. The van der Waals surface area contributed by atoms with Crippen molar-refractivity contribution in [3.63, 3.8) is 0 Å². The summed E-state index contributed by atoms with van der Waals surface area (Å²) in [6.07, 6.45) is 46.0. The third-order valence-electron chi connectivity index (χ3n) is 11.7. The number of ether oxygens (including phenoxy) is 1. The lowest BCUT2D eigenvalue weighted by Gasteiger charge is -2.24. The number of amides is 1. The molecule has 0 aromatic heterocycles. The Kier molecular flexibility index (Phi) is 43.1.